The van der Waals surface area contributed by atoms with Crippen LogP contribution >= 0.6 is 0 Å². The van der Waals surface area contributed by atoms with E-state index in [9.17, 15) is 13.2 Å². The van der Waals surface area contributed by atoms with Gasteiger partial charge in [0.15, 0.2) is 0 Å². The largest absolute Gasteiger partial charge is 0.383 e. The number of anilines is 1. The maximum absolute atomic E-state index is 12.5. The van der Waals surface area contributed by atoms with E-state index >= 15 is 0 Å². The van der Waals surface area contributed by atoms with Crippen molar-refractivity contribution in [2.75, 3.05) is 18.5 Å². The molecule has 3 rings (SSSR count). The molecule has 1 aliphatic heterocycles. The van der Waals surface area contributed by atoms with Crippen molar-refractivity contribution in [2.24, 2.45) is 0 Å². The first-order chi connectivity index (χ1) is 10.4. The molecule has 0 aromatic carbocycles. The summed E-state index contributed by atoms with van der Waals surface area (Å²) in [5.74, 6) is -0.115. The van der Waals surface area contributed by atoms with E-state index in [0.29, 0.717) is 18.5 Å². The molecule has 0 saturated heterocycles. The van der Waals surface area contributed by atoms with Gasteiger partial charge in [-0.15, -0.1) is 0 Å². The highest BCUT2D eigenvalue weighted by atomic mass is 32.2. The predicted molar refractivity (Wildman–Crippen MR) is 79.6 cm³/mol. The van der Waals surface area contributed by atoms with Crippen molar-refractivity contribution in [3.8, 4) is 0 Å². The summed E-state index contributed by atoms with van der Waals surface area (Å²) in [7, 11) is -3.27. The normalized spacial score (nSPS) is 15.5. The summed E-state index contributed by atoms with van der Waals surface area (Å²) in [5, 5.41) is 3.90. The van der Waals surface area contributed by atoms with Gasteiger partial charge in [0.05, 0.1) is 18.0 Å². The van der Waals surface area contributed by atoms with Gasteiger partial charge in [-0.3, -0.25) is 9.78 Å². The molecule has 8 nitrogen and oxygen atoms in total. The van der Waals surface area contributed by atoms with Gasteiger partial charge in [0.25, 0.3) is 5.91 Å². The van der Waals surface area contributed by atoms with Crippen LogP contribution < -0.4 is 5.73 Å². The Balaban J connectivity index is 2.00. The molecule has 0 radical (unpaired) electrons. The molecule has 2 aromatic rings. The van der Waals surface area contributed by atoms with E-state index in [1.807, 2.05) is 0 Å². The summed E-state index contributed by atoms with van der Waals surface area (Å²) in [6.07, 6.45) is 6.13. The van der Waals surface area contributed by atoms with Gasteiger partial charge in [-0.1, -0.05) is 0 Å². The van der Waals surface area contributed by atoms with Crippen molar-refractivity contribution in [3.05, 3.63) is 41.3 Å². The first kappa shape index (κ1) is 14.7. The number of sulfonamides is 1. The Morgan fingerprint density at radius 1 is 1.36 bits per heavy atom. The smallest absolute Gasteiger partial charge is 0.281 e. The van der Waals surface area contributed by atoms with Crippen LogP contribution in [0.5, 0.6) is 0 Å². The Bertz CT molecular complexity index is 843. The minimum absolute atomic E-state index is 0.219. The van der Waals surface area contributed by atoms with Crippen molar-refractivity contribution < 1.29 is 13.2 Å². The number of nitrogen functional groups attached to an aromatic ring is 1. The number of nitrogens with two attached hydrogens (primary N) is 1. The van der Waals surface area contributed by atoms with Crippen LogP contribution in [0.2, 0.25) is 0 Å². The van der Waals surface area contributed by atoms with Crippen LogP contribution in [-0.4, -0.2) is 46.2 Å². The number of aromatic nitrogens is 3. The highest BCUT2D eigenvalue weighted by Crippen LogP contribution is 2.24. The first-order valence-corrected chi connectivity index (χ1v) is 8.48. The second-order valence-corrected chi connectivity index (χ2v) is 7.13. The number of hydrogen-bond acceptors (Lipinski definition) is 6. The summed E-state index contributed by atoms with van der Waals surface area (Å²) in [6, 6.07) is 1.53. The molecule has 22 heavy (non-hydrogen) atoms. The van der Waals surface area contributed by atoms with Crippen molar-refractivity contribution in [1.82, 2.24) is 19.1 Å². The van der Waals surface area contributed by atoms with Crippen LogP contribution in [0.4, 0.5) is 5.82 Å². The maximum Gasteiger partial charge on any atom is 0.281 e. The first-order valence-electron chi connectivity index (χ1n) is 6.63. The van der Waals surface area contributed by atoms with Crippen molar-refractivity contribution in [2.45, 2.75) is 13.0 Å². The molecule has 116 valence electrons. The van der Waals surface area contributed by atoms with Crippen LogP contribution in [0.15, 0.2) is 24.7 Å². The molecule has 0 spiro atoms. The Labute approximate surface area is 127 Å². The van der Waals surface area contributed by atoms with Crippen molar-refractivity contribution >= 4 is 21.7 Å². The molecule has 3 heterocycles. The molecular weight excluding hydrogens is 306 g/mol. The van der Waals surface area contributed by atoms with Crippen LogP contribution in [0.25, 0.3) is 0 Å². The van der Waals surface area contributed by atoms with Gasteiger partial charge in [-0.25, -0.2) is 8.42 Å². The maximum atomic E-state index is 12.5. The quantitative estimate of drug-likeness (QED) is 0.824. The number of nitrogens with zero attached hydrogens (tertiary/aromatic N) is 4. The standard InChI is InChI=1S/C13H15N5O3S/c1-22(20,21)17-5-3-10-9(8-17)6-15-7-11(10)13(19)18-12(14)2-4-16-18/h2,4,6-7H,3,5,8,14H2,1H3. The molecule has 0 fully saturated rings. The van der Waals surface area contributed by atoms with Gasteiger partial charge in [0, 0.05) is 31.5 Å². The third-order valence-electron chi connectivity index (χ3n) is 3.67. The third kappa shape index (κ3) is 2.48. The van der Waals surface area contributed by atoms with Gasteiger partial charge in [-0.2, -0.15) is 14.1 Å². The van der Waals surface area contributed by atoms with E-state index < -0.39 is 10.0 Å². The molecule has 0 amide bonds. The number of carbonyl (C=O) groups is 1. The fraction of sp³-hybridized carbons (Fsp3) is 0.308. The molecule has 0 atom stereocenters. The summed E-state index contributed by atoms with van der Waals surface area (Å²) < 4.78 is 25.8. The Morgan fingerprint density at radius 3 is 2.77 bits per heavy atom. The molecule has 0 unspecified atom stereocenters. The summed E-state index contributed by atoms with van der Waals surface area (Å²) in [5.41, 5.74) is 7.64. The lowest BCUT2D eigenvalue weighted by Gasteiger charge is -2.27. The van der Waals surface area contributed by atoms with Crippen LogP contribution in [0, 0.1) is 0 Å². The van der Waals surface area contributed by atoms with Gasteiger partial charge in [0.2, 0.25) is 10.0 Å². The number of carbonyl (C=O) groups excluding carboxylic acids is 1. The second-order valence-electron chi connectivity index (χ2n) is 5.14. The fourth-order valence-electron chi connectivity index (χ4n) is 2.53. The van der Waals surface area contributed by atoms with Crippen LogP contribution in [0.3, 0.4) is 0 Å². The lowest BCUT2D eigenvalue weighted by atomic mass is 9.98. The average molecular weight is 321 g/mol. The number of rotatable bonds is 2. The summed E-state index contributed by atoms with van der Waals surface area (Å²) in [4.78, 5) is 16.6. The minimum atomic E-state index is -3.27. The van der Waals surface area contributed by atoms with E-state index in [1.165, 1.54) is 29.0 Å². The van der Waals surface area contributed by atoms with E-state index in [-0.39, 0.29) is 18.3 Å². The molecular formula is C13H15N5O3S. The van der Waals surface area contributed by atoms with E-state index in [1.54, 1.807) is 6.20 Å². The molecule has 9 heteroatoms. The second kappa shape index (κ2) is 5.18. The molecule has 2 N–H and O–H groups in total. The minimum Gasteiger partial charge on any atom is -0.383 e. The Morgan fingerprint density at radius 2 is 2.14 bits per heavy atom. The lowest BCUT2D eigenvalue weighted by Crippen LogP contribution is -2.36. The highest BCUT2D eigenvalue weighted by molar-refractivity contribution is 7.88. The van der Waals surface area contributed by atoms with Gasteiger partial charge in [0.1, 0.15) is 5.82 Å². The van der Waals surface area contributed by atoms with Gasteiger partial charge < -0.3 is 5.73 Å². The van der Waals surface area contributed by atoms with Crippen molar-refractivity contribution in [3.63, 3.8) is 0 Å². The monoisotopic (exact) mass is 321 g/mol. The number of fused-ring (bicyclic) bond motifs is 1. The highest BCUT2D eigenvalue weighted by Gasteiger charge is 2.27. The van der Waals surface area contributed by atoms with E-state index in [0.717, 1.165) is 15.8 Å². The van der Waals surface area contributed by atoms with E-state index in [4.69, 9.17) is 5.73 Å². The summed E-state index contributed by atoms with van der Waals surface area (Å²) >= 11 is 0. The zero-order valence-corrected chi connectivity index (χ0v) is 12.7. The lowest BCUT2D eigenvalue weighted by molar-refractivity contribution is 0.0946. The molecule has 0 aliphatic carbocycles. The number of hydrogen-bond donors (Lipinski definition) is 1. The van der Waals surface area contributed by atoms with Crippen LogP contribution in [0.1, 0.15) is 21.5 Å². The van der Waals surface area contributed by atoms with Gasteiger partial charge >= 0.3 is 0 Å². The van der Waals surface area contributed by atoms with Crippen LogP contribution in [-0.2, 0) is 23.0 Å². The SMILES string of the molecule is CS(=O)(=O)N1CCc2c(cncc2C(=O)n2nccc2N)C1. The predicted octanol–water partition coefficient (Wildman–Crippen LogP) is -0.134. The molecule has 0 bridgehead atoms. The molecule has 0 saturated carbocycles. The van der Waals surface area contributed by atoms with Gasteiger partial charge in [-0.05, 0) is 17.5 Å². The Hall–Kier alpha value is -2.26. The molecule has 1 aliphatic rings. The average Bonchev–Trinajstić information content (AvgIpc) is 2.90. The topological polar surface area (TPSA) is 111 Å². The number of pyridine rings is 1. The van der Waals surface area contributed by atoms with E-state index in [2.05, 4.69) is 10.1 Å². The Kier molecular flexibility index (Phi) is 3.45. The third-order valence-corrected chi connectivity index (χ3v) is 4.92. The summed E-state index contributed by atoms with van der Waals surface area (Å²) in [6.45, 7) is 0.557. The molecule has 2 aromatic heterocycles. The fourth-order valence-corrected chi connectivity index (χ4v) is 3.33. The zero-order valence-electron chi connectivity index (χ0n) is 11.9. The zero-order chi connectivity index (χ0) is 15.9. The van der Waals surface area contributed by atoms with Crippen molar-refractivity contribution in [1.29, 1.82) is 0 Å².